The lowest BCUT2D eigenvalue weighted by atomic mass is 10.2. The minimum atomic E-state index is -0.228. The van der Waals surface area contributed by atoms with Crippen molar-refractivity contribution in [2.24, 2.45) is 0 Å². The fourth-order valence-corrected chi connectivity index (χ4v) is 3.97. The van der Waals surface area contributed by atoms with Crippen molar-refractivity contribution in [2.75, 3.05) is 37.4 Å². The number of aromatic nitrogens is 3. The maximum absolute atomic E-state index is 12.5. The van der Waals surface area contributed by atoms with Crippen LogP contribution in [0, 0.1) is 6.92 Å². The number of nitrogens with one attached hydrogen (secondary N) is 1. The van der Waals surface area contributed by atoms with Crippen LogP contribution in [0.25, 0.3) is 0 Å². The molecule has 2 heterocycles. The van der Waals surface area contributed by atoms with Crippen LogP contribution in [0.4, 0.5) is 5.69 Å². The van der Waals surface area contributed by atoms with Crippen LogP contribution in [0.3, 0.4) is 0 Å². The van der Waals surface area contributed by atoms with Crippen molar-refractivity contribution < 1.29 is 14.3 Å². The van der Waals surface area contributed by atoms with Crippen LogP contribution < -0.4 is 5.32 Å². The maximum Gasteiger partial charge on any atom is 0.233 e. The van der Waals surface area contributed by atoms with E-state index >= 15 is 0 Å². The Hall–Kier alpha value is -2.36. The molecule has 0 saturated carbocycles. The molecule has 1 saturated heterocycles. The number of thioether (sulfide) groups is 1. The van der Waals surface area contributed by atoms with E-state index in [1.165, 1.54) is 11.8 Å². The molecule has 2 aromatic rings. The molecule has 3 rings (SSSR count). The first kappa shape index (κ1) is 22.3. The minimum Gasteiger partial charge on any atom is -0.378 e. The zero-order chi connectivity index (χ0) is 21.5. The fraction of sp³-hybridized carbons (Fsp3) is 0.400. The van der Waals surface area contributed by atoms with Crippen molar-refractivity contribution >= 4 is 40.9 Å². The standard InChI is InChI=1S/C20H24ClN5O3S/c1-3-6-26-17(12-18(27)22-15-5-4-14(2)16(21)11-15)23-24-20(26)30-13-19(28)25-7-9-29-10-8-25/h3-5,11H,1,6-10,12-13H2,2H3,(H,22,27). The molecule has 1 aliphatic heterocycles. The number of nitrogens with zero attached hydrogens (tertiary/aromatic N) is 4. The average Bonchev–Trinajstić information content (AvgIpc) is 3.11. The Kier molecular flexibility index (Phi) is 7.89. The van der Waals surface area contributed by atoms with Gasteiger partial charge in [-0.1, -0.05) is 35.5 Å². The van der Waals surface area contributed by atoms with Gasteiger partial charge in [-0.3, -0.25) is 9.59 Å². The van der Waals surface area contributed by atoms with E-state index in [0.29, 0.717) is 54.5 Å². The van der Waals surface area contributed by atoms with Crippen molar-refractivity contribution in [3.05, 3.63) is 47.3 Å². The Labute approximate surface area is 184 Å². The highest BCUT2D eigenvalue weighted by Gasteiger charge is 2.20. The zero-order valence-electron chi connectivity index (χ0n) is 16.8. The molecule has 1 fully saturated rings. The number of aryl methyl sites for hydroxylation is 1. The molecule has 0 aliphatic carbocycles. The van der Waals surface area contributed by atoms with Crippen molar-refractivity contribution in [3.63, 3.8) is 0 Å². The van der Waals surface area contributed by atoms with E-state index in [9.17, 15) is 9.59 Å². The second kappa shape index (κ2) is 10.6. The van der Waals surface area contributed by atoms with E-state index in [0.717, 1.165) is 5.56 Å². The third-order valence-electron chi connectivity index (χ3n) is 4.57. The summed E-state index contributed by atoms with van der Waals surface area (Å²) in [5.74, 6) is 0.566. The fourth-order valence-electron chi connectivity index (χ4n) is 2.92. The Morgan fingerprint density at radius 3 is 2.80 bits per heavy atom. The van der Waals surface area contributed by atoms with Gasteiger partial charge in [0.15, 0.2) is 5.16 Å². The van der Waals surface area contributed by atoms with Crippen LogP contribution in [-0.4, -0.2) is 63.5 Å². The summed E-state index contributed by atoms with van der Waals surface area (Å²) in [6.07, 6.45) is 1.75. The number of hydrogen-bond donors (Lipinski definition) is 1. The SMILES string of the molecule is C=CCn1c(CC(=O)Nc2ccc(C)c(Cl)c2)nnc1SCC(=O)N1CCOCC1. The number of morpholine rings is 1. The highest BCUT2D eigenvalue weighted by molar-refractivity contribution is 7.99. The van der Waals surface area contributed by atoms with E-state index in [1.54, 1.807) is 27.7 Å². The van der Waals surface area contributed by atoms with Gasteiger partial charge in [-0.2, -0.15) is 0 Å². The van der Waals surface area contributed by atoms with E-state index in [4.69, 9.17) is 16.3 Å². The summed E-state index contributed by atoms with van der Waals surface area (Å²) in [7, 11) is 0. The smallest absolute Gasteiger partial charge is 0.233 e. The largest absolute Gasteiger partial charge is 0.378 e. The summed E-state index contributed by atoms with van der Waals surface area (Å²) in [5, 5.41) is 12.3. The lowest BCUT2D eigenvalue weighted by molar-refractivity contribution is -0.132. The molecule has 160 valence electrons. The van der Waals surface area contributed by atoms with Crippen molar-refractivity contribution in [2.45, 2.75) is 25.0 Å². The molecule has 2 amide bonds. The van der Waals surface area contributed by atoms with Gasteiger partial charge < -0.3 is 19.5 Å². The predicted octanol–water partition coefficient (Wildman–Crippen LogP) is 2.56. The predicted molar refractivity (Wildman–Crippen MR) is 117 cm³/mol. The second-order valence-corrected chi connectivity index (χ2v) is 8.12. The minimum absolute atomic E-state index is 0.0343. The highest BCUT2D eigenvalue weighted by Crippen LogP contribution is 2.21. The maximum atomic E-state index is 12.5. The van der Waals surface area contributed by atoms with Gasteiger partial charge in [-0.15, -0.1) is 16.8 Å². The van der Waals surface area contributed by atoms with Crippen LogP contribution in [0.1, 0.15) is 11.4 Å². The van der Waals surface area contributed by atoms with Crippen LogP contribution >= 0.6 is 23.4 Å². The molecular weight excluding hydrogens is 426 g/mol. The zero-order valence-corrected chi connectivity index (χ0v) is 18.3. The summed E-state index contributed by atoms with van der Waals surface area (Å²) in [5.41, 5.74) is 1.56. The van der Waals surface area contributed by atoms with Crippen molar-refractivity contribution in [1.29, 1.82) is 0 Å². The Bertz CT molecular complexity index is 927. The topological polar surface area (TPSA) is 89.3 Å². The first-order valence-electron chi connectivity index (χ1n) is 9.55. The van der Waals surface area contributed by atoms with E-state index in [2.05, 4.69) is 22.1 Å². The second-order valence-electron chi connectivity index (χ2n) is 6.77. The quantitative estimate of drug-likeness (QED) is 0.492. The first-order chi connectivity index (χ1) is 14.5. The van der Waals surface area contributed by atoms with E-state index in [1.807, 2.05) is 13.0 Å². The lowest BCUT2D eigenvalue weighted by Gasteiger charge is -2.26. The monoisotopic (exact) mass is 449 g/mol. The van der Waals surface area contributed by atoms with E-state index in [-0.39, 0.29) is 24.0 Å². The summed E-state index contributed by atoms with van der Waals surface area (Å²) >= 11 is 7.42. The number of ether oxygens (including phenoxy) is 1. The Balaban J connectivity index is 1.62. The van der Waals surface area contributed by atoms with Gasteiger partial charge in [0, 0.05) is 30.3 Å². The lowest BCUT2D eigenvalue weighted by Crippen LogP contribution is -2.41. The molecule has 0 bridgehead atoms. The molecule has 0 unspecified atom stereocenters. The van der Waals surface area contributed by atoms with Crippen LogP contribution in [0.2, 0.25) is 5.02 Å². The highest BCUT2D eigenvalue weighted by atomic mass is 35.5. The number of allylic oxidation sites excluding steroid dienone is 1. The molecule has 1 N–H and O–H groups in total. The molecular formula is C20H24ClN5O3S. The number of benzene rings is 1. The van der Waals surface area contributed by atoms with Gasteiger partial charge in [0.2, 0.25) is 11.8 Å². The van der Waals surface area contributed by atoms with Gasteiger partial charge in [-0.05, 0) is 24.6 Å². The van der Waals surface area contributed by atoms with Crippen LogP contribution in [0.15, 0.2) is 36.0 Å². The van der Waals surface area contributed by atoms with E-state index < -0.39 is 0 Å². The number of halogens is 1. The number of carbonyl (C=O) groups is 2. The Morgan fingerprint density at radius 2 is 2.10 bits per heavy atom. The normalized spacial score (nSPS) is 13.9. The summed E-state index contributed by atoms with van der Waals surface area (Å²) < 4.78 is 7.07. The van der Waals surface area contributed by atoms with Gasteiger partial charge in [0.05, 0.1) is 25.4 Å². The molecule has 0 radical (unpaired) electrons. The molecule has 1 aliphatic rings. The molecule has 0 atom stereocenters. The van der Waals surface area contributed by atoms with Gasteiger partial charge in [0.25, 0.3) is 0 Å². The molecule has 10 heteroatoms. The third-order valence-corrected chi connectivity index (χ3v) is 5.93. The summed E-state index contributed by atoms with van der Waals surface area (Å²) in [6, 6.07) is 5.35. The summed E-state index contributed by atoms with van der Waals surface area (Å²) in [4.78, 5) is 26.6. The molecule has 1 aromatic carbocycles. The Morgan fingerprint density at radius 1 is 1.33 bits per heavy atom. The van der Waals surface area contributed by atoms with Crippen molar-refractivity contribution in [3.8, 4) is 0 Å². The third kappa shape index (κ3) is 5.84. The number of amides is 2. The van der Waals surface area contributed by atoms with Crippen LogP contribution in [0.5, 0.6) is 0 Å². The number of rotatable bonds is 8. The van der Waals surface area contributed by atoms with Gasteiger partial charge in [0.1, 0.15) is 5.82 Å². The molecule has 1 aromatic heterocycles. The number of hydrogen-bond acceptors (Lipinski definition) is 6. The number of anilines is 1. The van der Waals surface area contributed by atoms with Crippen molar-refractivity contribution in [1.82, 2.24) is 19.7 Å². The van der Waals surface area contributed by atoms with Crippen LogP contribution in [-0.2, 0) is 27.3 Å². The molecule has 30 heavy (non-hydrogen) atoms. The molecule has 8 nitrogen and oxygen atoms in total. The molecule has 0 spiro atoms. The first-order valence-corrected chi connectivity index (χ1v) is 10.9. The summed E-state index contributed by atoms with van der Waals surface area (Å²) in [6.45, 7) is 8.44. The van der Waals surface area contributed by atoms with Gasteiger partial charge >= 0.3 is 0 Å². The van der Waals surface area contributed by atoms with Gasteiger partial charge in [-0.25, -0.2) is 0 Å². The average molecular weight is 450 g/mol. The number of carbonyl (C=O) groups excluding carboxylic acids is 2.